The molecule has 12 heteroatoms. The number of nitriles is 1. The molecular weight excluding hydrogens is 799 g/mol. The number of anilines is 1. The minimum absolute atomic E-state index is 0.120. The van der Waals surface area contributed by atoms with Crippen molar-refractivity contribution >= 4 is 46.7 Å². The van der Waals surface area contributed by atoms with E-state index in [4.69, 9.17) is 37.9 Å². The molecule has 0 spiro atoms. The Morgan fingerprint density at radius 1 is 0.883 bits per heavy atom. The lowest BCUT2D eigenvalue weighted by Crippen LogP contribution is -2.57. The number of carboxylic acid groups (broad SMARTS) is 1. The number of amides is 2. The van der Waals surface area contributed by atoms with E-state index in [0.29, 0.717) is 57.9 Å². The van der Waals surface area contributed by atoms with Gasteiger partial charge in [-0.25, -0.2) is 4.79 Å². The van der Waals surface area contributed by atoms with E-state index in [-0.39, 0.29) is 24.3 Å². The fourth-order valence-corrected chi connectivity index (χ4v) is 8.83. The molecule has 0 saturated heterocycles. The highest BCUT2D eigenvalue weighted by molar-refractivity contribution is 6.42. The first-order valence-corrected chi connectivity index (χ1v) is 21.0. The van der Waals surface area contributed by atoms with Crippen LogP contribution in [-0.2, 0) is 40.4 Å². The number of hydrogen-bond acceptors (Lipinski definition) is 7. The summed E-state index contributed by atoms with van der Waals surface area (Å²) < 4.78 is 12.4. The van der Waals surface area contributed by atoms with Crippen LogP contribution >= 0.6 is 23.2 Å². The van der Waals surface area contributed by atoms with Crippen LogP contribution in [0.1, 0.15) is 71.6 Å². The van der Waals surface area contributed by atoms with Gasteiger partial charge in [-0.3, -0.25) is 14.5 Å². The van der Waals surface area contributed by atoms with E-state index in [2.05, 4.69) is 16.3 Å². The number of fused-ring (bicyclic) bond motifs is 2. The maximum atomic E-state index is 14.3. The molecular formula is C48H44Cl2N4O6. The molecule has 8 rings (SSSR count). The average molecular weight is 844 g/mol. The normalized spacial score (nSPS) is 18.4. The minimum atomic E-state index is -1.13. The zero-order chi connectivity index (χ0) is 41.9. The molecule has 3 atom stereocenters. The molecule has 10 nitrogen and oxygen atoms in total. The second-order valence-corrected chi connectivity index (χ2v) is 16.6. The number of halogens is 2. The zero-order valence-electron chi connectivity index (χ0n) is 33.1. The Kier molecular flexibility index (Phi) is 12.1. The van der Waals surface area contributed by atoms with Crippen LogP contribution in [-0.4, -0.2) is 53.0 Å². The molecule has 3 aliphatic rings. The molecule has 5 aromatic rings. The lowest BCUT2D eigenvalue weighted by Gasteiger charge is -2.43. The molecule has 2 N–H and O–H groups in total. The molecule has 0 bridgehead atoms. The molecule has 1 aliphatic carbocycles. The van der Waals surface area contributed by atoms with E-state index in [1.54, 1.807) is 36.2 Å². The Morgan fingerprint density at radius 2 is 1.57 bits per heavy atom. The highest BCUT2D eigenvalue weighted by atomic mass is 35.5. The molecule has 2 heterocycles. The number of nitrogens with one attached hydrogen (secondary N) is 1. The van der Waals surface area contributed by atoms with Crippen molar-refractivity contribution in [2.45, 2.75) is 82.3 Å². The van der Waals surface area contributed by atoms with Crippen molar-refractivity contribution in [1.29, 1.82) is 5.26 Å². The third-order valence-corrected chi connectivity index (χ3v) is 12.6. The van der Waals surface area contributed by atoms with Crippen molar-refractivity contribution in [1.82, 2.24) is 10.2 Å². The SMILES string of the molecule is CN1C(=O)C(c2ccc(OCc3ccc(Cl)c(Cl)c3)cc2)Oc2cc3c(cc21)CC(C(=O)NC(Cc1ccc(-c2ccc(C#N)cc2)cc1)C(=O)O)N(C1CCCCC1)C3. The van der Waals surface area contributed by atoms with E-state index in [1.807, 2.05) is 78.9 Å². The average Bonchev–Trinajstić information content (AvgIpc) is 3.27. The summed E-state index contributed by atoms with van der Waals surface area (Å²) in [6.45, 7) is 0.796. The van der Waals surface area contributed by atoms with E-state index in [1.165, 1.54) is 0 Å². The summed E-state index contributed by atoms with van der Waals surface area (Å²) in [4.78, 5) is 44.5. The van der Waals surface area contributed by atoms with E-state index in [0.717, 1.165) is 65.5 Å². The van der Waals surface area contributed by atoms with Crippen LogP contribution in [0.5, 0.6) is 11.5 Å². The summed E-state index contributed by atoms with van der Waals surface area (Å²) >= 11 is 12.2. The van der Waals surface area contributed by atoms with Gasteiger partial charge in [0, 0.05) is 31.6 Å². The highest BCUT2D eigenvalue weighted by Gasteiger charge is 2.40. The monoisotopic (exact) mass is 842 g/mol. The predicted molar refractivity (Wildman–Crippen MR) is 230 cm³/mol. The molecule has 60 heavy (non-hydrogen) atoms. The van der Waals surface area contributed by atoms with Gasteiger partial charge in [-0.05, 0) is 101 Å². The number of benzene rings is 5. The van der Waals surface area contributed by atoms with Gasteiger partial charge >= 0.3 is 5.97 Å². The number of carbonyl (C=O) groups excluding carboxylic acids is 2. The number of rotatable bonds is 11. The van der Waals surface area contributed by atoms with E-state index in [9.17, 15) is 19.5 Å². The van der Waals surface area contributed by atoms with Crippen LogP contribution in [0.4, 0.5) is 5.69 Å². The van der Waals surface area contributed by atoms with Crippen LogP contribution in [0.3, 0.4) is 0 Å². The number of nitrogens with zero attached hydrogens (tertiary/aromatic N) is 3. The molecule has 2 aliphatic heterocycles. The number of carboxylic acids is 1. The summed E-state index contributed by atoms with van der Waals surface area (Å²) in [5, 5.41) is 23.3. The molecule has 5 aromatic carbocycles. The lowest BCUT2D eigenvalue weighted by atomic mass is 9.86. The lowest BCUT2D eigenvalue weighted by molar-refractivity contribution is -0.143. The number of ether oxygens (including phenoxy) is 2. The van der Waals surface area contributed by atoms with Gasteiger partial charge in [-0.15, -0.1) is 0 Å². The number of hydrogen-bond donors (Lipinski definition) is 2. The Bertz CT molecular complexity index is 2450. The van der Waals surface area contributed by atoms with Crippen molar-refractivity contribution in [2.75, 3.05) is 11.9 Å². The van der Waals surface area contributed by atoms with Gasteiger partial charge in [0.1, 0.15) is 24.1 Å². The molecule has 1 fully saturated rings. The smallest absolute Gasteiger partial charge is 0.326 e. The number of likely N-dealkylation sites (N-methyl/N-ethyl adjacent to an activating group) is 1. The summed E-state index contributed by atoms with van der Waals surface area (Å²) in [5.74, 6) is -0.442. The van der Waals surface area contributed by atoms with Crippen LogP contribution in [0.2, 0.25) is 10.0 Å². The Labute approximate surface area is 359 Å². The quantitative estimate of drug-likeness (QED) is 0.135. The van der Waals surface area contributed by atoms with Crippen LogP contribution in [0.25, 0.3) is 11.1 Å². The summed E-state index contributed by atoms with van der Waals surface area (Å²) in [6, 6.07) is 32.0. The molecule has 2 amide bonds. The van der Waals surface area contributed by atoms with Crippen molar-refractivity contribution in [3.05, 3.63) is 147 Å². The molecule has 0 radical (unpaired) electrons. The van der Waals surface area contributed by atoms with Gasteiger partial charge in [0.15, 0.2) is 0 Å². The fourth-order valence-electron chi connectivity index (χ4n) is 8.51. The van der Waals surface area contributed by atoms with E-state index < -0.39 is 24.2 Å². The van der Waals surface area contributed by atoms with Crippen LogP contribution < -0.4 is 19.7 Å². The maximum Gasteiger partial charge on any atom is 0.326 e. The van der Waals surface area contributed by atoms with Crippen LogP contribution in [0.15, 0.2) is 103 Å². The third-order valence-electron chi connectivity index (χ3n) is 11.9. The highest BCUT2D eigenvalue weighted by Crippen LogP contribution is 2.43. The Hall–Kier alpha value is -5.86. The second kappa shape index (κ2) is 17.8. The second-order valence-electron chi connectivity index (χ2n) is 15.8. The first-order chi connectivity index (χ1) is 29.0. The predicted octanol–water partition coefficient (Wildman–Crippen LogP) is 9.08. The maximum absolute atomic E-state index is 14.3. The zero-order valence-corrected chi connectivity index (χ0v) is 34.6. The molecule has 0 aromatic heterocycles. The molecule has 306 valence electrons. The van der Waals surface area contributed by atoms with Gasteiger partial charge < -0.3 is 24.8 Å². The van der Waals surface area contributed by atoms with Gasteiger partial charge in [-0.1, -0.05) is 97.1 Å². The van der Waals surface area contributed by atoms with Crippen molar-refractivity contribution in [3.8, 4) is 28.7 Å². The van der Waals surface area contributed by atoms with Crippen molar-refractivity contribution in [3.63, 3.8) is 0 Å². The number of carbonyl (C=O) groups is 3. The first kappa shape index (κ1) is 40.9. The number of aliphatic carboxylic acids is 1. The van der Waals surface area contributed by atoms with Crippen LogP contribution in [0, 0.1) is 11.3 Å². The van der Waals surface area contributed by atoms with Gasteiger partial charge in [0.2, 0.25) is 12.0 Å². The topological polar surface area (TPSA) is 132 Å². The minimum Gasteiger partial charge on any atom is -0.489 e. The summed E-state index contributed by atoms with van der Waals surface area (Å²) in [7, 11) is 1.73. The molecule has 3 unspecified atom stereocenters. The fraction of sp³-hybridized carbons (Fsp3) is 0.292. The molecule has 1 saturated carbocycles. The van der Waals surface area contributed by atoms with Crippen molar-refractivity contribution in [2.24, 2.45) is 0 Å². The van der Waals surface area contributed by atoms with Crippen molar-refractivity contribution < 1.29 is 29.0 Å². The van der Waals surface area contributed by atoms with E-state index >= 15 is 0 Å². The van der Waals surface area contributed by atoms with Gasteiger partial charge in [-0.2, -0.15) is 5.26 Å². The van der Waals surface area contributed by atoms with Gasteiger partial charge in [0.25, 0.3) is 5.91 Å². The Morgan fingerprint density at radius 3 is 2.23 bits per heavy atom. The first-order valence-electron chi connectivity index (χ1n) is 20.2. The summed E-state index contributed by atoms with van der Waals surface area (Å²) in [5.41, 5.74) is 7.37. The third kappa shape index (κ3) is 8.85. The summed E-state index contributed by atoms with van der Waals surface area (Å²) in [6.07, 6.45) is 4.83. The largest absolute Gasteiger partial charge is 0.489 e. The standard InChI is InChI=1S/C48H44Cl2N4O6/c1-53-42-23-35-24-43(46(55)52-41(48(57)58)22-29-7-12-32(13-8-29)33-14-9-30(26-51)10-15-33)54(37-5-3-2-4-6-37)27-36(35)25-44(42)60-45(47(53)56)34-16-18-38(19-17-34)59-28-31-11-20-39(49)40(50)21-31/h7-21,23,25,37,41,43,45H,2-6,22,24,27-28H2,1H3,(H,52,55)(H,57,58). The Balaban J connectivity index is 0.980. The van der Waals surface area contributed by atoms with Gasteiger partial charge in [0.05, 0.1) is 33.4 Å².